The second-order valence-electron chi connectivity index (χ2n) is 9.95. The van der Waals surface area contributed by atoms with Gasteiger partial charge in [0.25, 0.3) is 0 Å². The Kier molecular flexibility index (Phi) is 15.6. The summed E-state index contributed by atoms with van der Waals surface area (Å²) in [5.41, 5.74) is 8.19. The molecule has 198 valence electrons. The molecule has 0 aliphatic rings. The van der Waals surface area contributed by atoms with E-state index in [1.165, 1.54) is 52.8 Å². The summed E-state index contributed by atoms with van der Waals surface area (Å²) in [5, 5.41) is 5.77. The fraction of sp³-hybridized carbons (Fsp3) is 0.400. The van der Waals surface area contributed by atoms with Gasteiger partial charge >= 0.3 is 22.1 Å². The van der Waals surface area contributed by atoms with Gasteiger partial charge in [-0.2, -0.15) is 35.9 Å². The van der Waals surface area contributed by atoms with E-state index < -0.39 is 0 Å². The zero-order valence-electron chi connectivity index (χ0n) is 22.4. The average Bonchev–Trinajstić information content (AvgIpc) is 2.78. The molecule has 0 atom stereocenters. The van der Waals surface area contributed by atoms with Crippen LogP contribution in [0.5, 0.6) is 0 Å². The maximum atomic E-state index is 8.28. The summed E-state index contributed by atoms with van der Waals surface area (Å²) in [5.74, 6) is 0. The molecule has 0 N–H and O–H groups in total. The molecular weight excluding hydrogens is 665 g/mol. The van der Waals surface area contributed by atoms with E-state index in [-0.39, 0.29) is 0 Å². The standard InChI is InChI=1S/C24H36N2.C6H3Cl2.O.Os/c1-19-11-20(2)14-23(13-19)17-25-9-7-8-10-26(5,6)18-24-15-21(3)12-22(4)16-24;7-5-3-1-2-4-6(5)8;;/h11-16H,7-10,17-18H2,1-6H3;1-3H;;/q;-1;;. The average molecular weight is 705 g/mol. The second-order valence-corrected chi connectivity index (χ2v) is 10.7. The predicted octanol–water partition coefficient (Wildman–Crippen LogP) is 8.52. The SMILES string of the molecule is Cc1cc(C)cc(C[N-]CCCC[N+](C)(C)Cc2cc(C)cc(C)c2)c1.Clc1[c-]cccc1Cl.[O]=[Os]. The van der Waals surface area contributed by atoms with Crippen LogP contribution in [0.4, 0.5) is 0 Å². The molecule has 0 saturated heterocycles. The van der Waals surface area contributed by atoms with Crippen molar-refractivity contribution in [3.63, 3.8) is 0 Å². The molecule has 3 aromatic rings. The van der Waals surface area contributed by atoms with Crippen LogP contribution >= 0.6 is 23.2 Å². The number of halogens is 2. The van der Waals surface area contributed by atoms with Gasteiger partial charge in [0.1, 0.15) is 6.54 Å². The van der Waals surface area contributed by atoms with Crippen LogP contribution in [0, 0.1) is 33.8 Å². The van der Waals surface area contributed by atoms with Crippen molar-refractivity contribution in [3.05, 3.63) is 109 Å². The molecule has 0 bridgehead atoms. The van der Waals surface area contributed by atoms with Crippen LogP contribution in [0.3, 0.4) is 0 Å². The number of hydrogen-bond acceptors (Lipinski definition) is 1. The Morgan fingerprint density at radius 2 is 1.36 bits per heavy atom. The van der Waals surface area contributed by atoms with Crippen LogP contribution in [0.2, 0.25) is 10.0 Å². The van der Waals surface area contributed by atoms with E-state index in [0.717, 1.165) is 24.1 Å². The fourth-order valence-corrected chi connectivity index (χ4v) is 4.51. The molecule has 0 aliphatic heterocycles. The summed E-state index contributed by atoms with van der Waals surface area (Å²) in [6, 6.07) is 21.6. The van der Waals surface area contributed by atoms with Gasteiger partial charge < -0.3 is 9.80 Å². The monoisotopic (exact) mass is 705 g/mol. The van der Waals surface area contributed by atoms with E-state index >= 15 is 0 Å². The number of unbranched alkanes of at least 4 members (excludes halogenated alkanes) is 1. The first-order valence-corrected chi connectivity index (χ1v) is 13.9. The van der Waals surface area contributed by atoms with E-state index in [1.54, 1.807) is 18.2 Å². The molecule has 36 heavy (non-hydrogen) atoms. The molecule has 0 fully saturated rings. The molecule has 0 aromatic heterocycles. The van der Waals surface area contributed by atoms with Crippen molar-refractivity contribution < 1.29 is 26.6 Å². The third-order valence-electron chi connectivity index (χ3n) is 5.56. The molecule has 0 heterocycles. The van der Waals surface area contributed by atoms with Gasteiger partial charge in [0.05, 0.1) is 20.6 Å². The van der Waals surface area contributed by atoms with E-state index in [2.05, 4.69) is 84.3 Å². The zero-order valence-corrected chi connectivity index (χ0v) is 26.4. The number of rotatable bonds is 9. The Balaban J connectivity index is 0.000000543. The van der Waals surface area contributed by atoms with Gasteiger partial charge in [0.2, 0.25) is 0 Å². The van der Waals surface area contributed by atoms with Gasteiger partial charge in [0.15, 0.2) is 0 Å². The summed E-state index contributed by atoms with van der Waals surface area (Å²) in [6.07, 6.45) is 2.41. The van der Waals surface area contributed by atoms with Crippen molar-refractivity contribution in [1.29, 1.82) is 0 Å². The third-order valence-corrected chi connectivity index (χ3v) is 6.28. The van der Waals surface area contributed by atoms with Gasteiger partial charge in [-0.25, -0.2) is 0 Å². The van der Waals surface area contributed by atoms with Crippen LogP contribution in [-0.4, -0.2) is 31.7 Å². The molecule has 0 saturated carbocycles. The summed E-state index contributed by atoms with van der Waals surface area (Å²) >= 11 is 11.7. The fourth-order valence-electron chi connectivity index (χ4n) is 4.26. The van der Waals surface area contributed by atoms with Crippen LogP contribution in [0.25, 0.3) is 5.32 Å². The quantitative estimate of drug-likeness (QED) is 0.125. The van der Waals surface area contributed by atoms with Crippen molar-refractivity contribution in [2.24, 2.45) is 0 Å². The first-order chi connectivity index (χ1) is 17.0. The van der Waals surface area contributed by atoms with Gasteiger partial charge in [0, 0.05) is 5.56 Å². The van der Waals surface area contributed by atoms with Gasteiger partial charge in [-0.3, -0.25) is 0 Å². The van der Waals surface area contributed by atoms with E-state index in [4.69, 9.17) is 32.1 Å². The minimum atomic E-state index is 0.481. The number of quaternary nitrogens is 1. The topological polar surface area (TPSA) is 31.2 Å². The zero-order chi connectivity index (χ0) is 27.1. The van der Waals surface area contributed by atoms with Crippen molar-refractivity contribution in [3.8, 4) is 0 Å². The van der Waals surface area contributed by atoms with Gasteiger partial charge in [-0.1, -0.05) is 80.7 Å². The minimum absolute atomic E-state index is 0.481. The molecule has 0 aliphatic carbocycles. The normalized spacial score (nSPS) is 10.7. The number of nitrogens with zero attached hydrogens (tertiary/aromatic N) is 2. The van der Waals surface area contributed by atoms with Crippen molar-refractivity contribution >= 4 is 23.2 Å². The Morgan fingerprint density at radius 1 is 0.833 bits per heavy atom. The summed E-state index contributed by atoms with van der Waals surface area (Å²) in [4.78, 5) is 0. The van der Waals surface area contributed by atoms with Crippen LogP contribution in [0.15, 0.2) is 54.6 Å². The van der Waals surface area contributed by atoms with E-state index in [1.807, 2.05) is 0 Å². The van der Waals surface area contributed by atoms with Crippen molar-refractivity contribution in [1.82, 2.24) is 0 Å². The third kappa shape index (κ3) is 13.8. The molecule has 0 radical (unpaired) electrons. The molecule has 0 spiro atoms. The summed E-state index contributed by atoms with van der Waals surface area (Å²) in [6.45, 7) is 12.8. The maximum absolute atomic E-state index is 8.28. The van der Waals surface area contributed by atoms with Gasteiger partial charge in [-0.15, -0.1) is 24.7 Å². The molecule has 3 rings (SSSR count). The summed E-state index contributed by atoms with van der Waals surface area (Å²) < 4.78 is 9.32. The first kappa shape index (κ1) is 32.6. The Bertz CT molecular complexity index is 1010. The molecule has 6 heteroatoms. The molecule has 3 nitrogen and oxygen atoms in total. The van der Waals surface area contributed by atoms with Crippen molar-refractivity contribution in [2.45, 2.75) is 53.6 Å². The van der Waals surface area contributed by atoms with Crippen LogP contribution in [0.1, 0.15) is 46.2 Å². The van der Waals surface area contributed by atoms with Crippen LogP contribution in [-0.2, 0) is 35.2 Å². The summed E-state index contributed by atoms with van der Waals surface area (Å²) in [7, 11) is 4.68. The van der Waals surface area contributed by atoms with E-state index in [0.29, 0.717) is 28.6 Å². The van der Waals surface area contributed by atoms with Crippen molar-refractivity contribution in [2.75, 3.05) is 27.2 Å². The molecular formula is C30H39Cl2N2OOs-. The first-order valence-electron chi connectivity index (χ1n) is 12.1. The van der Waals surface area contributed by atoms with Crippen LogP contribution < -0.4 is 0 Å². The number of hydrogen-bond donors (Lipinski definition) is 0. The molecule has 3 aromatic carbocycles. The second kappa shape index (κ2) is 17.2. The Morgan fingerprint density at radius 3 is 1.83 bits per heavy atom. The molecule has 0 unspecified atom stereocenters. The Hall–Kier alpha value is -1.40. The molecule has 0 amide bonds. The van der Waals surface area contributed by atoms with Gasteiger partial charge in [-0.05, 0) is 34.1 Å². The number of aryl methyl sites for hydroxylation is 4. The van der Waals surface area contributed by atoms with E-state index in [9.17, 15) is 0 Å². The number of benzene rings is 3. The predicted molar refractivity (Wildman–Crippen MR) is 150 cm³/mol. The Labute approximate surface area is 239 Å².